The number of piperidine rings is 1. The predicted octanol–water partition coefficient (Wildman–Crippen LogP) is 1.15. The van der Waals surface area contributed by atoms with Gasteiger partial charge in [0, 0.05) is 25.6 Å². The van der Waals surface area contributed by atoms with Crippen molar-refractivity contribution in [2.24, 2.45) is 5.92 Å². The summed E-state index contributed by atoms with van der Waals surface area (Å²) in [5.74, 6) is 0.0469. The van der Waals surface area contributed by atoms with Crippen LogP contribution in [0, 0.1) is 5.92 Å². The highest BCUT2D eigenvalue weighted by molar-refractivity contribution is 5.89. The van der Waals surface area contributed by atoms with Gasteiger partial charge < -0.3 is 14.9 Å². The van der Waals surface area contributed by atoms with Crippen molar-refractivity contribution >= 4 is 11.8 Å². The molecule has 1 saturated carbocycles. The van der Waals surface area contributed by atoms with Gasteiger partial charge in [-0.15, -0.1) is 0 Å². The van der Waals surface area contributed by atoms with Crippen LogP contribution in [0.2, 0.25) is 0 Å². The van der Waals surface area contributed by atoms with Crippen molar-refractivity contribution in [1.82, 2.24) is 9.80 Å². The number of carbonyl (C=O) groups excluding carboxylic acids is 2. The van der Waals surface area contributed by atoms with Gasteiger partial charge in [0.05, 0.1) is 18.6 Å². The second-order valence-electron chi connectivity index (χ2n) is 6.75. The largest absolute Gasteiger partial charge is 0.394 e. The summed E-state index contributed by atoms with van der Waals surface area (Å²) in [6, 6.07) is 0.326. The average molecular weight is 294 g/mol. The van der Waals surface area contributed by atoms with E-state index in [1.807, 2.05) is 9.80 Å². The summed E-state index contributed by atoms with van der Waals surface area (Å²) >= 11 is 0. The molecule has 3 fully saturated rings. The molecule has 0 aromatic rings. The maximum atomic E-state index is 12.7. The zero-order valence-electron chi connectivity index (χ0n) is 12.7. The van der Waals surface area contributed by atoms with Gasteiger partial charge in [-0.25, -0.2) is 0 Å². The third kappa shape index (κ3) is 2.93. The van der Waals surface area contributed by atoms with Gasteiger partial charge in [-0.1, -0.05) is 12.8 Å². The van der Waals surface area contributed by atoms with Crippen molar-refractivity contribution in [3.8, 4) is 0 Å². The second kappa shape index (κ2) is 6.34. The molecular formula is C16H26N2O3. The molecule has 21 heavy (non-hydrogen) atoms. The lowest BCUT2D eigenvalue weighted by Gasteiger charge is -2.36. The summed E-state index contributed by atoms with van der Waals surface area (Å²) < 4.78 is 0. The summed E-state index contributed by atoms with van der Waals surface area (Å²) in [7, 11) is 0. The third-order valence-corrected chi connectivity index (χ3v) is 5.39. The minimum absolute atomic E-state index is 0.0399. The van der Waals surface area contributed by atoms with E-state index in [-0.39, 0.29) is 30.4 Å². The number of aliphatic hydroxyl groups excluding tert-OH is 1. The first kappa shape index (κ1) is 14.8. The van der Waals surface area contributed by atoms with Gasteiger partial charge in [-0.2, -0.15) is 0 Å². The van der Waals surface area contributed by atoms with Gasteiger partial charge in [-0.05, 0) is 32.1 Å². The standard InChI is InChI=1S/C16H26N2O3/c19-11-14-7-3-4-8-17(14)16(21)12-9-15(20)18(10-12)13-5-1-2-6-13/h12-14,19H,1-11H2. The minimum atomic E-state index is -0.190. The van der Waals surface area contributed by atoms with E-state index in [1.54, 1.807) is 0 Å². The molecule has 3 aliphatic rings. The molecule has 2 aliphatic heterocycles. The van der Waals surface area contributed by atoms with Crippen molar-refractivity contribution in [2.45, 2.75) is 63.5 Å². The Morgan fingerprint density at radius 3 is 2.57 bits per heavy atom. The van der Waals surface area contributed by atoms with Crippen LogP contribution in [-0.2, 0) is 9.59 Å². The van der Waals surface area contributed by atoms with Crippen LogP contribution >= 0.6 is 0 Å². The van der Waals surface area contributed by atoms with E-state index in [9.17, 15) is 14.7 Å². The fraction of sp³-hybridized carbons (Fsp3) is 0.875. The lowest BCUT2D eigenvalue weighted by Crippen LogP contribution is -2.48. The highest BCUT2D eigenvalue weighted by Crippen LogP contribution is 2.31. The van der Waals surface area contributed by atoms with Gasteiger partial charge in [0.15, 0.2) is 0 Å². The van der Waals surface area contributed by atoms with Crippen molar-refractivity contribution in [3.63, 3.8) is 0 Å². The second-order valence-corrected chi connectivity index (χ2v) is 6.75. The number of amides is 2. The van der Waals surface area contributed by atoms with E-state index in [2.05, 4.69) is 0 Å². The zero-order chi connectivity index (χ0) is 14.8. The Labute approximate surface area is 126 Å². The third-order valence-electron chi connectivity index (χ3n) is 5.39. The first-order chi connectivity index (χ1) is 10.2. The quantitative estimate of drug-likeness (QED) is 0.849. The van der Waals surface area contributed by atoms with E-state index in [0.29, 0.717) is 19.0 Å². The monoisotopic (exact) mass is 294 g/mol. The van der Waals surface area contributed by atoms with E-state index in [1.165, 1.54) is 12.8 Å². The van der Waals surface area contributed by atoms with Crippen LogP contribution in [-0.4, -0.2) is 58.5 Å². The van der Waals surface area contributed by atoms with Crippen molar-refractivity contribution < 1.29 is 14.7 Å². The maximum Gasteiger partial charge on any atom is 0.228 e. The maximum absolute atomic E-state index is 12.7. The summed E-state index contributed by atoms with van der Waals surface area (Å²) in [6.45, 7) is 1.37. The average Bonchev–Trinajstić information content (AvgIpc) is 3.15. The van der Waals surface area contributed by atoms with Crippen molar-refractivity contribution in [1.29, 1.82) is 0 Å². The number of rotatable bonds is 3. The number of hydrogen-bond donors (Lipinski definition) is 1. The topological polar surface area (TPSA) is 60.9 Å². The van der Waals surface area contributed by atoms with E-state index in [0.717, 1.165) is 38.6 Å². The Bertz CT molecular complexity index is 406. The summed E-state index contributed by atoms with van der Waals surface area (Å²) in [4.78, 5) is 28.7. The normalized spacial score (nSPS) is 31.2. The molecule has 5 nitrogen and oxygen atoms in total. The molecule has 2 unspecified atom stereocenters. The smallest absolute Gasteiger partial charge is 0.228 e. The van der Waals surface area contributed by atoms with Gasteiger partial charge in [0.25, 0.3) is 0 Å². The van der Waals surface area contributed by atoms with Gasteiger partial charge in [-0.3, -0.25) is 9.59 Å². The van der Waals surface area contributed by atoms with Gasteiger partial charge in [0.2, 0.25) is 11.8 Å². The van der Waals surface area contributed by atoms with E-state index < -0.39 is 0 Å². The van der Waals surface area contributed by atoms with E-state index in [4.69, 9.17) is 0 Å². The molecule has 1 N–H and O–H groups in total. The highest BCUT2D eigenvalue weighted by Gasteiger charge is 2.41. The summed E-state index contributed by atoms with van der Waals surface area (Å²) in [5, 5.41) is 9.46. The number of carbonyl (C=O) groups is 2. The summed E-state index contributed by atoms with van der Waals surface area (Å²) in [5.41, 5.74) is 0. The summed E-state index contributed by atoms with van der Waals surface area (Å²) in [6.07, 6.45) is 7.92. The Hall–Kier alpha value is -1.10. The molecule has 0 aromatic carbocycles. The van der Waals surface area contributed by atoms with Gasteiger partial charge in [0.1, 0.15) is 0 Å². The molecule has 1 aliphatic carbocycles. The molecule has 2 atom stereocenters. The Morgan fingerprint density at radius 2 is 1.86 bits per heavy atom. The fourth-order valence-electron chi connectivity index (χ4n) is 4.18. The molecule has 2 saturated heterocycles. The molecule has 0 aromatic heterocycles. The first-order valence-corrected chi connectivity index (χ1v) is 8.41. The highest BCUT2D eigenvalue weighted by atomic mass is 16.3. The number of nitrogens with zero attached hydrogens (tertiary/aromatic N) is 2. The lowest BCUT2D eigenvalue weighted by atomic mass is 9.99. The lowest BCUT2D eigenvalue weighted by molar-refractivity contribution is -0.140. The molecule has 0 bridgehead atoms. The molecule has 2 amide bonds. The van der Waals surface area contributed by atoms with Crippen LogP contribution in [0.15, 0.2) is 0 Å². The van der Waals surface area contributed by atoms with Crippen LogP contribution in [0.5, 0.6) is 0 Å². The molecule has 0 spiro atoms. The van der Waals surface area contributed by atoms with Crippen LogP contribution < -0.4 is 0 Å². The molecule has 118 valence electrons. The molecule has 5 heteroatoms. The molecule has 3 rings (SSSR count). The van der Waals surface area contributed by atoms with Crippen LogP contribution in [0.4, 0.5) is 0 Å². The fourth-order valence-corrected chi connectivity index (χ4v) is 4.18. The van der Waals surface area contributed by atoms with Crippen LogP contribution in [0.1, 0.15) is 51.4 Å². The zero-order valence-corrected chi connectivity index (χ0v) is 12.7. The molecule has 2 heterocycles. The Morgan fingerprint density at radius 1 is 1.14 bits per heavy atom. The number of hydrogen-bond acceptors (Lipinski definition) is 3. The minimum Gasteiger partial charge on any atom is -0.394 e. The number of likely N-dealkylation sites (tertiary alicyclic amines) is 2. The van der Waals surface area contributed by atoms with Crippen LogP contribution in [0.25, 0.3) is 0 Å². The molecule has 0 radical (unpaired) electrons. The van der Waals surface area contributed by atoms with E-state index >= 15 is 0 Å². The van der Waals surface area contributed by atoms with Crippen molar-refractivity contribution in [3.05, 3.63) is 0 Å². The van der Waals surface area contributed by atoms with Gasteiger partial charge >= 0.3 is 0 Å². The van der Waals surface area contributed by atoms with Crippen LogP contribution in [0.3, 0.4) is 0 Å². The predicted molar refractivity (Wildman–Crippen MR) is 78.5 cm³/mol. The first-order valence-electron chi connectivity index (χ1n) is 8.41. The Balaban J connectivity index is 1.64. The SMILES string of the molecule is O=C1CC(C(=O)N2CCCCC2CO)CN1C1CCCC1. The van der Waals surface area contributed by atoms with Crippen molar-refractivity contribution in [2.75, 3.05) is 19.7 Å². The Kier molecular flexibility index (Phi) is 4.48. The number of aliphatic hydroxyl groups is 1. The molecular weight excluding hydrogens is 268 g/mol.